The maximum atomic E-state index is 5.66. The number of hydrogen-bond donors (Lipinski definition) is 1. The molecule has 1 aromatic heterocycles. The first-order chi connectivity index (χ1) is 8.22. The molecule has 6 heteroatoms. The number of ether oxygens (including phenoxy) is 1. The second kappa shape index (κ2) is 5.37. The van der Waals surface area contributed by atoms with E-state index in [0.29, 0.717) is 12.3 Å². The molecule has 2 heterocycles. The van der Waals surface area contributed by atoms with Crippen molar-refractivity contribution in [1.29, 1.82) is 0 Å². The van der Waals surface area contributed by atoms with Crippen LogP contribution >= 0.6 is 12.2 Å². The standard InChI is InChI=1S/C11H16N4OS/c1-2-8-7-15(5-6-16-8)11-9(10(12)17)13-3-4-14-11/h3-4,8H,2,5-7H2,1H3,(H2,12,17). The van der Waals surface area contributed by atoms with Gasteiger partial charge >= 0.3 is 0 Å². The average molecular weight is 252 g/mol. The van der Waals surface area contributed by atoms with Crippen LogP contribution in [-0.4, -0.2) is 40.8 Å². The van der Waals surface area contributed by atoms with E-state index in [9.17, 15) is 0 Å². The summed E-state index contributed by atoms with van der Waals surface area (Å²) in [5, 5.41) is 0. The Hall–Kier alpha value is -1.27. The molecular formula is C11H16N4OS. The molecule has 17 heavy (non-hydrogen) atoms. The van der Waals surface area contributed by atoms with Gasteiger partial charge in [-0.3, -0.25) is 0 Å². The summed E-state index contributed by atoms with van der Waals surface area (Å²) < 4.78 is 5.63. The minimum absolute atomic E-state index is 0.241. The second-order valence-corrected chi connectivity index (χ2v) is 4.38. The first kappa shape index (κ1) is 12.2. The third-order valence-corrected chi connectivity index (χ3v) is 3.00. The lowest BCUT2D eigenvalue weighted by molar-refractivity contribution is 0.0381. The normalized spacial score (nSPS) is 20.3. The predicted molar refractivity (Wildman–Crippen MR) is 70.2 cm³/mol. The highest BCUT2D eigenvalue weighted by Gasteiger charge is 2.23. The van der Waals surface area contributed by atoms with Crippen molar-refractivity contribution in [2.75, 3.05) is 24.6 Å². The zero-order chi connectivity index (χ0) is 12.3. The summed E-state index contributed by atoms with van der Waals surface area (Å²) in [7, 11) is 0. The molecule has 2 N–H and O–H groups in total. The molecule has 92 valence electrons. The summed E-state index contributed by atoms with van der Waals surface area (Å²) in [6.07, 6.45) is 4.49. The molecule has 0 spiro atoms. The van der Waals surface area contributed by atoms with Crippen molar-refractivity contribution in [3.8, 4) is 0 Å². The van der Waals surface area contributed by atoms with Crippen molar-refractivity contribution in [2.24, 2.45) is 5.73 Å². The van der Waals surface area contributed by atoms with Crippen LogP contribution in [-0.2, 0) is 4.74 Å². The van der Waals surface area contributed by atoms with Crippen LogP contribution in [0.2, 0.25) is 0 Å². The van der Waals surface area contributed by atoms with Gasteiger partial charge < -0.3 is 15.4 Å². The van der Waals surface area contributed by atoms with E-state index in [-0.39, 0.29) is 11.1 Å². The molecular weight excluding hydrogens is 236 g/mol. The van der Waals surface area contributed by atoms with E-state index in [2.05, 4.69) is 21.8 Å². The van der Waals surface area contributed by atoms with Crippen molar-refractivity contribution in [3.63, 3.8) is 0 Å². The number of aromatic nitrogens is 2. The van der Waals surface area contributed by atoms with Gasteiger partial charge in [0, 0.05) is 25.5 Å². The first-order valence-electron chi connectivity index (χ1n) is 5.69. The Bertz CT molecular complexity index is 412. The zero-order valence-electron chi connectivity index (χ0n) is 9.80. The number of nitrogens with zero attached hydrogens (tertiary/aromatic N) is 3. The highest BCUT2D eigenvalue weighted by molar-refractivity contribution is 7.80. The summed E-state index contributed by atoms with van der Waals surface area (Å²) in [6.45, 7) is 4.42. The number of hydrogen-bond acceptors (Lipinski definition) is 5. The van der Waals surface area contributed by atoms with Gasteiger partial charge in [-0.2, -0.15) is 0 Å². The number of anilines is 1. The van der Waals surface area contributed by atoms with Gasteiger partial charge in [-0.1, -0.05) is 19.1 Å². The molecule has 5 nitrogen and oxygen atoms in total. The lowest BCUT2D eigenvalue weighted by Crippen LogP contribution is -2.43. The van der Waals surface area contributed by atoms with Crippen molar-refractivity contribution in [2.45, 2.75) is 19.4 Å². The molecule has 0 amide bonds. The maximum absolute atomic E-state index is 5.66. The molecule has 1 aromatic rings. The topological polar surface area (TPSA) is 64.3 Å². The molecule has 1 atom stereocenters. The average Bonchev–Trinajstić information content (AvgIpc) is 2.39. The van der Waals surface area contributed by atoms with E-state index in [0.717, 1.165) is 25.3 Å². The van der Waals surface area contributed by atoms with Gasteiger partial charge in [0.1, 0.15) is 10.7 Å². The predicted octanol–water partition coefficient (Wildman–Crippen LogP) is 0.726. The molecule has 1 fully saturated rings. The number of thiocarbonyl (C=S) groups is 1. The molecule has 1 saturated heterocycles. The number of morpholine rings is 1. The summed E-state index contributed by atoms with van der Waals surface area (Å²) in [5.74, 6) is 0.766. The van der Waals surface area contributed by atoms with E-state index in [4.69, 9.17) is 22.7 Å². The highest BCUT2D eigenvalue weighted by Crippen LogP contribution is 2.19. The highest BCUT2D eigenvalue weighted by atomic mass is 32.1. The minimum atomic E-state index is 0.241. The number of rotatable bonds is 3. The Balaban J connectivity index is 2.24. The van der Waals surface area contributed by atoms with Crippen molar-refractivity contribution in [1.82, 2.24) is 9.97 Å². The summed E-state index contributed by atoms with van der Waals surface area (Å²) in [5.41, 5.74) is 6.26. The van der Waals surface area contributed by atoms with Crippen LogP contribution in [0.3, 0.4) is 0 Å². The Morgan fingerprint density at radius 3 is 3.06 bits per heavy atom. The third-order valence-electron chi connectivity index (χ3n) is 2.81. The smallest absolute Gasteiger partial charge is 0.157 e. The zero-order valence-corrected chi connectivity index (χ0v) is 10.6. The van der Waals surface area contributed by atoms with E-state index in [1.54, 1.807) is 12.4 Å². The second-order valence-electron chi connectivity index (χ2n) is 3.94. The van der Waals surface area contributed by atoms with E-state index < -0.39 is 0 Å². The molecule has 1 aliphatic rings. The van der Waals surface area contributed by atoms with Gasteiger partial charge in [0.05, 0.1) is 12.7 Å². The molecule has 1 unspecified atom stereocenters. The van der Waals surface area contributed by atoms with Crippen LogP contribution in [0, 0.1) is 0 Å². The Morgan fingerprint density at radius 2 is 2.35 bits per heavy atom. The monoisotopic (exact) mass is 252 g/mol. The van der Waals surface area contributed by atoms with Crippen molar-refractivity contribution in [3.05, 3.63) is 18.1 Å². The summed E-state index contributed by atoms with van der Waals surface area (Å²) in [6, 6.07) is 0. The lowest BCUT2D eigenvalue weighted by atomic mass is 10.2. The Labute approximate surface area is 106 Å². The van der Waals surface area contributed by atoms with Gasteiger partial charge in [0.15, 0.2) is 5.82 Å². The fourth-order valence-electron chi connectivity index (χ4n) is 1.89. The van der Waals surface area contributed by atoms with Crippen molar-refractivity contribution >= 4 is 23.0 Å². The molecule has 2 rings (SSSR count). The summed E-state index contributed by atoms with van der Waals surface area (Å²) >= 11 is 4.99. The molecule has 1 aliphatic heterocycles. The lowest BCUT2D eigenvalue weighted by Gasteiger charge is -2.33. The minimum Gasteiger partial charge on any atom is -0.388 e. The van der Waals surface area contributed by atoms with Crippen LogP contribution in [0.15, 0.2) is 12.4 Å². The SMILES string of the molecule is CCC1CN(c2nccnc2C(N)=S)CCO1. The molecule has 0 aromatic carbocycles. The van der Waals surface area contributed by atoms with E-state index >= 15 is 0 Å². The van der Waals surface area contributed by atoms with Gasteiger partial charge in [-0.25, -0.2) is 9.97 Å². The van der Waals surface area contributed by atoms with Crippen LogP contribution in [0.5, 0.6) is 0 Å². The van der Waals surface area contributed by atoms with Gasteiger partial charge in [0.2, 0.25) is 0 Å². The molecule has 0 aliphatic carbocycles. The van der Waals surface area contributed by atoms with Crippen LogP contribution in [0.1, 0.15) is 19.0 Å². The van der Waals surface area contributed by atoms with Crippen LogP contribution < -0.4 is 10.6 Å². The van der Waals surface area contributed by atoms with E-state index in [1.807, 2.05) is 0 Å². The van der Waals surface area contributed by atoms with Gasteiger partial charge in [-0.15, -0.1) is 0 Å². The largest absolute Gasteiger partial charge is 0.388 e. The maximum Gasteiger partial charge on any atom is 0.157 e. The molecule has 0 bridgehead atoms. The first-order valence-corrected chi connectivity index (χ1v) is 6.10. The number of nitrogens with two attached hydrogens (primary N) is 1. The third kappa shape index (κ3) is 2.70. The van der Waals surface area contributed by atoms with Crippen LogP contribution in [0.4, 0.5) is 5.82 Å². The Morgan fingerprint density at radius 1 is 1.59 bits per heavy atom. The quantitative estimate of drug-likeness (QED) is 0.800. The van der Waals surface area contributed by atoms with E-state index in [1.165, 1.54) is 0 Å². The van der Waals surface area contributed by atoms with Crippen LogP contribution in [0.25, 0.3) is 0 Å². The van der Waals surface area contributed by atoms with Crippen molar-refractivity contribution < 1.29 is 4.74 Å². The molecule has 0 radical (unpaired) electrons. The molecule has 0 saturated carbocycles. The fourth-order valence-corrected chi connectivity index (χ4v) is 2.04. The van der Waals surface area contributed by atoms with Gasteiger partial charge in [0.25, 0.3) is 0 Å². The fraction of sp³-hybridized carbons (Fsp3) is 0.545. The van der Waals surface area contributed by atoms with Gasteiger partial charge in [-0.05, 0) is 6.42 Å². The summed E-state index contributed by atoms with van der Waals surface area (Å²) in [4.78, 5) is 10.9. The Kier molecular flexibility index (Phi) is 3.86.